The summed E-state index contributed by atoms with van der Waals surface area (Å²) in [5.41, 5.74) is 1.16. The van der Waals surface area contributed by atoms with E-state index in [0.29, 0.717) is 0 Å². The molecule has 1 rings (SSSR count). The van der Waals surface area contributed by atoms with Crippen LogP contribution in [-0.4, -0.2) is 7.11 Å². The maximum Gasteiger partial charge on any atom is 0.0830 e. The summed E-state index contributed by atoms with van der Waals surface area (Å²) in [7, 11) is 1.64. The molecule has 52 valence electrons. The van der Waals surface area contributed by atoms with Crippen LogP contribution in [0.2, 0.25) is 0 Å². The van der Waals surface area contributed by atoms with Gasteiger partial charge in [-0.15, -0.1) is 0 Å². The van der Waals surface area contributed by atoms with Crippen molar-refractivity contribution in [1.29, 1.82) is 0 Å². The largest absolute Gasteiger partial charge is 0.504 e. The van der Waals surface area contributed by atoms with Gasteiger partial charge in [0.2, 0.25) is 0 Å². The Labute approximate surface area is 61.0 Å². The predicted molar refractivity (Wildman–Crippen MR) is 42.5 cm³/mol. The van der Waals surface area contributed by atoms with E-state index in [4.69, 9.17) is 4.74 Å². The van der Waals surface area contributed by atoms with Gasteiger partial charge in [-0.05, 0) is 11.6 Å². The van der Waals surface area contributed by atoms with E-state index in [1.807, 2.05) is 36.4 Å². The molecule has 0 saturated carbocycles. The quantitative estimate of drug-likeness (QED) is 0.564. The Kier molecular flexibility index (Phi) is 2.56. The van der Waals surface area contributed by atoms with E-state index in [2.05, 4.69) is 0 Å². The summed E-state index contributed by atoms with van der Waals surface area (Å²) in [6, 6.07) is 10.0. The first-order valence-corrected chi connectivity index (χ1v) is 3.18. The highest BCUT2D eigenvalue weighted by molar-refractivity contribution is 5.47. The first-order valence-electron chi connectivity index (χ1n) is 3.18. The van der Waals surface area contributed by atoms with E-state index in [-0.39, 0.29) is 0 Å². The molecule has 0 bridgehead atoms. The van der Waals surface area contributed by atoms with E-state index in [9.17, 15) is 0 Å². The molecule has 0 amide bonds. The lowest BCUT2D eigenvalue weighted by Crippen LogP contribution is -1.69. The first kappa shape index (κ1) is 6.87. The van der Waals surface area contributed by atoms with Crippen LogP contribution in [-0.2, 0) is 4.74 Å². The van der Waals surface area contributed by atoms with Crippen molar-refractivity contribution < 1.29 is 4.74 Å². The predicted octanol–water partition coefficient (Wildman–Crippen LogP) is 2.30. The average molecular weight is 134 g/mol. The topological polar surface area (TPSA) is 9.23 Å². The van der Waals surface area contributed by atoms with Crippen LogP contribution in [0, 0.1) is 0 Å². The summed E-state index contributed by atoms with van der Waals surface area (Å²) in [4.78, 5) is 0. The van der Waals surface area contributed by atoms with E-state index < -0.39 is 0 Å². The summed E-state index contributed by atoms with van der Waals surface area (Å²) < 4.78 is 4.77. The molecule has 0 unspecified atom stereocenters. The van der Waals surface area contributed by atoms with Gasteiger partial charge in [-0.1, -0.05) is 30.3 Å². The highest BCUT2D eigenvalue weighted by atomic mass is 16.5. The molecule has 0 fully saturated rings. The minimum absolute atomic E-state index is 1.16. The van der Waals surface area contributed by atoms with Gasteiger partial charge in [0.15, 0.2) is 0 Å². The zero-order valence-corrected chi connectivity index (χ0v) is 5.95. The Bertz CT molecular complexity index is 201. The number of methoxy groups -OCH3 is 1. The third-order valence-electron chi connectivity index (χ3n) is 1.20. The standard InChI is InChI=1S/C9H10O/c1-10-8-7-9-5-3-2-4-6-9/h2-8H,1H3. The fraction of sp³-hybridized carbons (Fsp3) is 0.111. The lowest BCUT2D eigenvalue weighted by atomic mass is 10.2. The minimum Gasteiger partial charge on any atom is -0.504 e. The fourth-order valence-electron chi connectivity index (χ4n) is 0.711. The molecule has 0 spiro atoms. The van der Waals surface area contributed by atoms with Crippen LogP contribution in [0.3, 0.4) is 0 Å². The molecule has 1 nitrogen and oxygen atoms in total. The van der Waals surface area contributed by atoms with Crippen LogP contribution in [0.25, 0.3) is 6.08 Å². The van der Waals surface area contributed by atoms with Gasteiger partial charge in [0, 0.05) is 0 Å². The van der Waals surface area contributed by atoms with Gasteiger partial charge in [-0.2, -0.15) is 0 Å². The zero-order chi connectivity index (χ0) is 7.23. The van der Waals surface area contributed by atoms with E-state index in [1.54, 1.807) is 13.4 Å². The molecule has 10 heavy (non-hydrogen) atoms. The lowest BCUT2D eigenvalue weighted by molar-refractivity contribution is 0.341. The van der Waals surface area contributed by atoms with Crippen molar-refractivity contribution in [2.45, 2.75) is 0 Å². The highest BCUT2D eigenvalue weighted by Crippen LogP contribution is 1.99. The molecule has 0 saturated heterocycles. The van der Waals surface area contributed by atoms with Gasteiger partial charge in [-0.25, -0.2) is 0 Å². The third-order valence-corrected chi connectivity index (χ3v) is 1.20. The van der Waals surface area contributed by atoms with Gasteiger partial charge >= 0.3 is 0 Å². The van der Waals surface area contributed by atoms with Crippen molar-refractivity contribution in [2.24, 2.45) is 0 Å². The zero-order valence-electron chi connectivity index (χ0n) is 5.95. The smallest absolute Gasteiger partial charge is 0.0830 e. The molecular weight excluding hydrogens is 124 g/mol. The Morgan fingerprint density at radius 2 is 1.90 bits per heavy atom. The van der Waals surface area contributed by atoms with Gasteiger partial charge < -0.3 is 4.74 Å². The van der Waals surface area contributed by atoms with E-state index in [0.717, 1.165) is 5.56 Å². The van der Waals surface area contributed by atoms with Crippen LogP contribution >= 0.6 is 0 Å². The summed E-state index contributed by atoms with van der Waals surface area (Å²) in [6.45, 7) is 0. The maximum absolute atomic E-state index is 4.77. The second-order valence-electron chi connectivity index (χ2n) is 1.95. The normalized spacial score (nSPS) is 10.1. The van der Waals surface area contributed by atoms with Crippen molar-refractivity contribution in [1.82, 2.24) is 0 Å². The molecule has 0 aromatic heterocycles. The molecular formula is C9H10O. The third kappa shape index (κ3) is 1.94. The Hall–Kier alpha value is -1.24. The maximum atomic E-state index is 4.77. The highest BCUT2D eigenvalue weighted by Gasteiger charge is 1.79. The van der Waals surface area contributed by atoms with Crippen LogP contribution in [0.15, 0.2) is 36.6 Å². The molecule has 0 radical (unpaired) electrons. The summed E-state index contributed by atoms with van der Waals surface area (Å²) in [5.74, 6) is 0. The van der Waals surface area contributed by atoms with Crippen LogP contribution < -0.4 is 0 Å². The van der Waals surface area contributed by atoms with Crippen LogP contribution in [0.4, 0.5) is 0 Å². The number of ether oxygens (including phenoxy) is 1. The van der Waals surface area contributed by atoms with Crippen molar-refractivity contribution in [2.75, 3.05) is 7.11 Å². The Morgan fingerprint density at radius 3 is 2.50 bits per heavy atom. The minimum atomic E-state index is 1.16. The van der Waals surface area contributed by atoms with Crippen molar-refractivity contribution >= 4 is 6.08 Å². The summed E-state index contributed by atoms with van der Waals surface area (Å²) >= 11 is 0. The molecule has 0 N–H and O–H groups in total. The van der Waals surface area contributed by atoms with Gasteiger partial charge in [0.25, 0.3) is 0 Å². The Balaban J connectivity index is 2.67. The van der Waals surface area contributed by atoms with Crippen molar-refractivity contribution in [3.05, 3.63) is 42.2 Å². The molecule has 0 aliphatic rings. The molecule has 1 aromatic rings. The van der Waals surface area contributed by atoms with Gasteiger partial charge in [0.1, 0.15) is 0 Å². The van der Waals surface area contributed by atoms with Crippen molar-refractivity contribution in [3.63, 3.8) is 0 Å². The summed E-state index contributed by atoms with van der Waals surface area (Å²) in [5, 5.41) is 0. The molecule has 1 heteroatoms. The second kappa shape index (κ2) is 3.72. The average Bonchev–Trinajstić information content (AvgIpc) is 2.03. The second-order valence-corrected chi connectivity index (χ2v) is 1.95. The molecule has 1 aromatic carbocycles. The van der Waals surface area contributed by atoms with Crippen LogP contribution in [0.1, 0.15) is 5.56 Å². The number of hydrogen-bond donors (Lipinski definition) is 0. The first-order chi connectivity index (χ1) is 4.93. The monoisotopic (exact) mass is 134 g/mol. The molecule has 0 heterocycles. The van der Waals surface area contributed by atoms with Gasteiger partial charge in [0.05, 0.1) is 13.4 Å². The number of benzene rings is 1. The molecule has 0 aliphatic carbocycles. The molecule has 0 aliphatic heterocycles. The fourth-order valence-corrected chi connectivity index (χ4v) is 0.711. The molecule has 0 atom stereocenters. The number of hydrogen-bond acceptors (Lipinski definition) is 1. The van der Waals surface area contributed by atoms with E-state index in [1.165, 1.54) is 0 Å². The Morgan fingerprint density at radius 1 is 1.20 bits per heavy atom. The summed E-state index contributed by atoms with van der Waals surface area (Å²) in [6.07, 6.45) is 3.58. The lowest BCUT2D eigenvalue weighted by Gasteiger charge is -1.89. The van der Waals surface area contributed by atoms with Crippen LogP contribution in [0.5, 0.6) is 0 Å². The number of rotatable bonds is 2. The van der Waals surface area contributed by atoms with E-state index >= 15 is 0 Å². The van der Waals surface area contributed by atoms with Crippen molar-refractivity contribution in [3.8, 4) is 0 Å². The SMILES string of the molecule is COC=Cc1ccccc1. The van der Waals surface area contributed by atoms with Gasteiger partial charge in [-0.3, -0.25) is 0 Å².